The molecule has 0 heterocycles. The molecule has 36 heavy (non-hydrogen) atoms. The van der Waals surface area contributed by atoms with Crippen molar-refractivity contribution < 1.29 is 24.2 Å². The van der Waals surface area contributed by atoms with Crippen molar-refractivity contribution in [2.24, 2.45) is 46.3 Å². The fourth-order valence-corrected chi connectivity index (χ4v) is 9.92. The number of esters is 2. The second-order valence-electron chi connectivity index (χ2n) is 14.1. The predicted molar refractivity (Wildman–Crippen MR) is 141 cm³/mol. The van der Waals surface area contributed by atoms with Crippen molar-refractivity contribution >= 4 is 11.9 Å². The third-order valence-corrected chi connectivity index (χ3v) is 11.6. The Balaban J connectivity index is 1.59. The molecule has 0 bridgehead atoms. The number of carbonyl (C=O) groups is 2. The van der Waals surface area contributed by atoms with Gasteiger partial charge in [-0.15, -0.1) is 0 Å². The van der Waals surface area contributed by atoms with E-state index in [-0.39, 0.29) is 23.5 Å². The number of hydrogen-bond acceptors (Lipinski definition) is 5. The van der Waals surface area contributed by atoms with Crippen LogP contribution in [0.15, 0.2) is 0 Å². The molecule has 5 nitrogen and oxygen atoms in total. The van der Waals surface area contributed by atoms with E-state index < -0.39 is 11.7 Å². The molecule has 0 aromatic heterocycles. The molecule has 0 spiro atoms. The number of rotatable bonds is 7. The lowest BCUT2D eigenvalue weighted by atomic mass is 9.42. The summed E-state index contributed by atoms with van der Waals surface area (Å²) < 4.78 is 11.5. The average molecular weight is 505 g/mol. The fourth-order valence-electron chi connectivity index (χ4n) is 9.92. The highest BCUT2D eigenvalue weighted by Crippen LogP contribution is 2.69. The van der Waals surface area contributed by atoms with Gasteiger partial charge in [-0.3, -0.25) is 9.59 Å². The fraction of sp³-hybridized carbons (Fsp3) is 0.935. The van der Waals surface area contributed by atoms with Crippen molar-refractivity contribution in [3.05, 3.63) is 0 Å². The molecule has 5 heteroatoms. The van der Waals surface area contributed by atoms with Gasteiger partial charge in [-0.05, 0) is 85.9 Å². The maximum absolute atomic E-state index is 12.3. The number of ether oxygens (including phenoxy) is 2. The molecule has 4 rings (SSSR count). The highest BCUT2D eigenvalue weighted by atomic mass is 16.6. The maximum Gasteiger partial charge on any atom is 0.303 e. The molecule has 4 aliphatic carbocycles. The molecule has 4 fully saturated rings. The molecule has 0 radical (unpaired) electrons. The molecular formula is C31H52O5. The van der Waals surface area contributed by atoms with E-state index in [0.29, 0.717) is 29.6 Å². The number of hydrogen-bond donors (Lipinski definition) is 1. The number of aliphatic hydroxyl groups is 1. The van der Waals surface area contributed by atoms with E-state index in [9.17, 15) is 14.7 Å². The van der Waals surface area contributed by atoms with Crippen LogP contribution in [0.25, 0.3) is 0 Å². The summed E-state index contributed by atoms with van der Waals surface area (Å²) in [6, 6.07) is 0. The molecule has 0 amide bonds. The van der Waals surface area contributed by atoms with Crippen LogP contribution in [0.5, 0.6) is 0 Å². The van der Waals surface area contributed by atoms with Gasteiger partial charge in [0.2, 0.25) is 0 Å². The van der Waals surface area contributed by atoms with Crippen LogP contribution in [0.2, 0.25) is 0 Å². The summed E-state index contributed by atoms with van der Waals surface area (Å²) in [5.41, 5.74) is -1.16. The van der Waals surface area contributed by atoms with Gasteiger partial charge in [-0.25, -0.2) is 0 Å². The van der Waals surface area contributed by atoms with E-state index in [1.54, 1.807) is 0 Å². The third-order valence-electron chi connectivity index (χ3n) is 11.6. The Hall–Kier alpha value is -1.10. The second-order valence-corrected chi connectivity index (χ2v) is 14.1. The molecule has 0 aromatic rings. The van der Waals surface area contributed by atoms with Gasteiger partial charge in [0.1, 0.15) is 17.8 Å². The summed E-state index contributed by atoms with van der Waals surface area (Å²) >= 11 is 0. The summed E-state index contributed by atoms with van der Waals surface area (Å²) in [5.74, 6) is 3.15. The maximum atomic E-state index is 12.3. The van der Waals surface area contributed by atoms with Crippen LogP contribution in [0.3, 0.4) is 0 Å². The first kappa shape index (κ1) is 27.9. The SMILES string of the molecule is CC(=O)O[C@H]1CC[C@]2(C)[C@@H]3CC[C@]4(C)[C@@H]([C@@H](C)CCCC(C)C)CC[C@H]4[C@H]3C[C@@H](OC(C)=O)[C@@]2(O)C1. The zero-order valence-corrected chi connectivity index (χ0v) is 24.0. The molecule has 1 N–H and O–H groups in total. The minimum Gasteiger partial charge on any atom is -0.462 e. The van der Waals surface area contributed by atoms with Crippen LogP contribution >= 0.6 is 0 Å². The summed E-state index contributed by atoms with van der Waals surface area (Å²) in [6.45, 7) is 14.8. The van der Waals surface area contributed by atoms with Gasteiger partial charge in [0.05, 0.1) is 0 Å². The van der Waals surface area contributed by atoms with E-state index in [4.69, 9.17) is 9.47 Å². The van der Waals surface area contributed by atoms with E-state index in [1.165, 1.54) is 52.4 Å². The summed E-state index contributed by atoms with van der Waals surface area (Å²) in [6.07, 6.45) is 10.7. The van der Waals surface area contributed by atoms with E-state index in [1.807, 2.05) is 0 Å². The number of fused-ring (bicyclic) bond motifs is 5. The van der Waals surface area contributed by atoms with Crippen molar-refractivity contribution in [1.82, 2.24) is 0 Å². The van der Waals surface area contributed by atoms with Gasteiger partial charge >= 0.3 is 11.9 Å². The second kappa shape index (κ2) is 10.2. The third kappa shape index (κ3) is 4.76. The topological polar surface area (TPSA) is 72.8 Å². The first-order valence-corrected chi connectivity index (χ1v) is 14.9. The Morgan fingerprint density at radius 2 is 1.61 bits per heavy atom. The van der Waals surface area contributed by atoms with Crippen LogP contribution in [-0.2, 0) is 19.1 Å². The molecular weight excluding hydrogens is 452 g/mol. The van der Waals surface area contributed by atoms with Gasteiger partial charge in [0, 0.05) is 25.7 Å². The Kier molecular flexibility index (Phi) is 7.93. The van der Waals surface area contributed by atoms with Gasteiger partial charge in [0.25, 0.3) is 0 Å². The van der Waals surface area contributed by atoms with E-state index in [0.717, 1.165) is 43.4 Å². The number of carbonyl (C=O) groups excluding carboxylic acids is 2. The van der Waals surface area contributed by atoms with Crippen LogP contribution in [-0.4, -0.2) is 34.9 Å². The predicted octanol–water partition coefficient (Wildman–Crippen LogP) is 6.70. The monoisotopic (exact) mass is 504 g/mol. The highest BCUT2D eigenvalue weighted by molar-refractivity contribution is 5.66. The van der Waals surface area contributed by atoms with Crippen LogP contribution in [0.1, 0.15) is 119 Å². The molecule has 10 atom stereocenters. The molecule has 0 aromatic carbocycles. The van der Waals surface area contributed by atoms with Crippen molar-refractivity contribution in [2.45, 2.75) is 137 Å². The van der Waals surface area contributed by atoms with Crippen LogP contribution < -0.4 is 0 Å². The van der Waals surface area contributed by atoms with Crippen LogP contribution in [0.4, 0.5) is 0 Å². The van der Waals surface area contributed by atoms with Crippen molar-refractivity contribution in [3.8, 4) is 0 Å². The molecule has 0 unspecified atom stereocenters. The highest BCUT2D eigenvalue weighted by Gasteiger charge is 2.68. The molecule has 206 valence electrons. The van der Waals surface area contributed by atoms with Gasteiger partial charge in [-0.2, -0.15) is 0 Å². The first-order chi connectivity index (χ1) is 16.8. The Morgan fingerprint density at radius 3 is 2.25 bits per heavy atom. The minimum absolute atomic E-state index is 0.308. The van der Waals surface area contributed by atoms with Crippen molar-refractivity contribution in [1.29, 1.82) is 0 Å². The zero-order valence-electron chi connectivity index (χ0n) is 24.0. The zero-order chi connectivity index (χ0) is 26.5. The summed E-state index contributed by atoms with van der Waals surface area (Å²) in [4.78, 5) is 23.9. The van der Waals surface area contributed by atoms with E-state index >= 15 is 0 Å². The normalized spacial score (nSPS) is 44.8. The lowest BCUT2D eigenvalue weighted by Gasteiger charge is -2.65. The first-order valence-electron chi connectivity index (χ1n) is 14.9. The average Bonchev–Trinajstić information content (AvgIpc) is 3.12. The molecule has 4 aliphatic rings. The summed E-state index contributed by atoms with van der Waals surface area (Å²) in [7, 11) is 0. The van der Waals surface area contributed by atoms with Gasteiger partial charge < -0.3 is 14.6 Å². The smallest absolute Gasteiger partial charge is 0.303 e. The lowest BCUT2D eigenvalue weighted by molar-refractivity contribution is -0.271. The van der Waals surface area contributed by atoms with Crippen LogP contribution in [0, 0.1) is 46.3 Å². The largest absolute Gasteiger partial charge is 0.462 e. The summed E-state index contributed by atoms with van der Waals surface area (Å²) in [5, 5.41) is 12.3. The van der Waals surface area contributed by atoms with Gasteiger partial charge in [0.15, 0.2) is 0 Å². The minimum atomic E-state index is -1.16. The Bertz CT molecular complexity index is 824. The Morgan fingerprint density at radius 1 is 0.917 bits per heavy atom. The standard InChI is InChI=1S/C31H52O5/c1-19(2)9-8-10-20(3)25-11-12-26-24-17-28(36-22(5)33)31(34)18-23(35-21(4)32)13-16-30(31,7)27(24)14-15-29(25,26)6/h19-20,23-28,34H,8-18H2,1-7H3/t20-,23-,24+,25+,26-,27+,28+,29+,30+,31-/m0/s1. The molecule has 0 saturated heterocycles. The quantitative estimate of drug-likeness (QED) is 0.391. The van der Waals surface area contributed by atoms with E-state index in [2.05, 4.69) is 34.6 Å². The lowest BCUT2D eigenvalue weighted by Crippen LogP contribution is -2.69. The molecule has 0 aliphatic heterocycles. The van der Waals surface area contributed by atoms with Gasteiger partial charge in [-0.1, -0.05) is 53.9 Å². The van der Waals surface area contributed by atoms with Crippen molar-refractivity contribution in [3.63, 3.8) is 0 Å². The molecule has 4 saturated carbocycles. The van der Waals surface area contributed by atoms with Crippen molar-refractivity contribution in [2.75, 3.05) is 0 Å². The Labute approximate surface area is 219 Å².